The van der Waals surface area contributed by atoms with Crippen LogP contribution in [0, 0.1) is 0 Å². The first-order valence-corrected chi connectivity index (χ1v) is 13.1. The number of thiol groups is 1. The molecule has 0 saturated carbocycles. The van der Waals surface area contributed by atoms with Crippen LogP contribution in [-0.2, 0) is 11.2 Å². The molecule has 1 amide bonds. The Kier molecular flexibility index (Phi) is 12.6. The van der Waals surface area contributed by atoms with Gasteiger partial charge in [0.15, 0.2) is 0 Å². The number of hydrogen-bond donors (Lipinski definition) is 2. The molecule has 1 aromatic rings. The lowest BCUT2D eigenvalue weighted by molar-refractivity contribution is -0.113. The van der Waals surface area contributed by atoms with E-state index in [9.17, 15) is 4.79 Å². The van der Waals surface area contributed by atoms with Crippen molar-refractivity contribution < 1.29 is 4.79 Å². The van der Waals surface area contributed by atoms with Crippen molar-refractivity contribution in [3.63, 3.8) is 0 Å². The van der Waals surface area contributed by atoms with Crippen LogP contribution in [0.4, 0.5) is 5.69 Å². The van der Waals surface area contributed by atoms with Gasteiger partial charge in [-0.3, -0.25) is 9.69 Å². The van der Waals surface area contributed by atoms with Crippen molar-refractivity contribution in [1.82, 2.24) is 19.6 Å². The predicted molar refractivity (Wildman–Crippen MR) is 140 cm³/mol. The number of benzene rings is 1. The second-order valence-corrected chi connectivity index (χ2v) is 8.97. The fourth-order valence-electron chi connectivity index (χ4n) is 4.47. The van der Waals surface area contributed by atoms with Gasteiger partial charge < -0.3 is 20.0 Å². The molecule has 1 aliphatic rings. The van der Waals surface area contributed by atoms with Crippen molar-refractivity contribution in [3.05, 3.63) is 29.8 Å². The van der Waals surface area contributed by atoms with E-state index in [2.05, 4.69) is 77.4 Å². The molecule has 0 spiro atoms. The highest BCUT2D eigenvalue weighted by atomic mass is 32.1. The van der Waals surface area contributed by atoms with Crippen LogP contribution in [0.2, 0.25) is 0 Å². The van der Waals surface area contributed by atoms with Gasteiger partial charge in [0.25, 0.3) is 0 Å². The summed E-state index contributed by atoms with van der Waals surface area (Å²) < 4.78 is 0. The lowest BCUT2D eigenvalue weighted by atomic mass is 10.0. The monoisotopic (exact) mass is 463 g/mol. The van der Waals surface area contributed by atoms with Gasteiger partial charge in [-0.2, -0.15) is 12.6 Å². The molecule has 32 heavy (non-hydrogen) atoms. The Morgan fingerprint density at radius 2 is 1.38 bits per heavy atom. The quantitative estimate of drug-likeness (QED) is 0.581. The van der Waals surface area contributed by atoms with E-state index in [-0.39, 0.29) is 11.7 Å². The summed E-state index contributed by atoms with van der Waals surface area (Å²) in [5, 5.41) is 2.88. The molecule has 1 fully saturated rings. The van der Waals surface area contributed by atoms with Crippen LogP contribution in [0.5, 0.6) is 0 Å². The smallest absolute Gasteiger partial charge is 0.234 e. The van der Waals surface area contributed by atoms with Crippen molar-refractivity contribution in [2.45, 2.75) is 40.2 Å². The average Bonchev–Trinajstić information content (AvgIpc) is 2.81. The van der Waals surface area contributed by atoms with Gasteiger partial charge in [0, 0.05) is 57.5 Å². The first-order chi connectivity index (χ1) is 15.5. The van der Waals surface area contributed by atoms with E-state index in [0.29, 0.717) is 6.04 Å². The van der Waals surface area contributed by atoms with E-state index in [0.717, 1.165) is 84.1 Å². The molecule has 1 aliphatic heterocycles. The third-order valence-corrected chi connectivity index (χ3v) is 7.04. The van der Waals surface area contributed by atoms with Gasteiger partial charge in [-0.1, -0.05) is 39.8 Å². The Bertz CT molecular complexity index is 656. The number of rotatable bonds is 8. The normalized spacial score (nSPS) is 21.1. The Balaban J connectivity index is 2.16. The van der Waals surface area contributed by atoms with Crippen LogP contribution in [0.3, 0.4) is 0 Å². The molecular formula is C25H45N5OS. The van der Waals surface area contributed by atoms with Gasteiger partial charge in [0.2, 0.25) is 5.91 Å². The molecule has 6 nitrogen and oxygen atoms in total. The molecular weight excluding hydrogens is 418 g/mol. The topological polar surface area (TPSA) is 42.1 Å². The van der Waals surface area contributed by atoms with E-state index < -0.39 is 0 Å². The number of likely N-dealkylation sites (N-methyl/N-ethyl adjacent to an activating group) is 4. The van der Waals surface area contributed by atoms with Crippen molar-refractivity contribution in [1.29, 1.82) is 0 Å². The minimum Gasteiger partial charge on any atom is -0.325 e. The zero-order chi connectivity index (χ0) is 23.3. The molecule has 0 bridgehead atoms. The Labute approximate surface area is 201 Å². The largest absolute Gasteiger partial charge is 0.325 e. The minimum atomic E-state index is -0.0715. The maximum Gasteiger partial charge on any atom is 0.234 e. The molecule has 1 saturated heterocycles. The van der Waals surface area contributed by atoms with E-state index in [1.807, 2.05) is 12.1 Å². The predicted octanol–water partition coefficient (Wildman–Crippen LogP) is 2.77. The number of anilines is 1. The standard InChI is InChI=1S/C25H45N5OS/c1-5-27-13-14-28(6-2)17-18-30(8-4)24(20-29(7-3)16-15-27)19-22-9-11-23(12-10-22)26-25(31)21-32/h9-12,24,32H,5-8,13-21H2,1-4H3,(H,26,31). The van der Waals surface area contributed by atoms with Gasteiger partial charge in [0.1, 0.15) is 0 Å². The summed E-state index contributed by atoms with van der Waals surface area (Å²) in [4.78, 5) is 22.1. The van der Waals surface area contributed by atoms with E-state index in [4.69, 9.17) is 0 Å². The fraction of sp³-hybridized carbons (Fsp3) is 0.720. The lowest BCUT2D eigenvalue weighted by Crippen LogP contribution is -2.50. The van der Waals surface area contributed by atoms with Gasteiger partial charge in [0.05, 0.1) is 5.75 Å². The summed E-state index contributed by atoms with van der Waals surface area (Å²) in [5.41, 5.74) is 2.16. The highest BCUT2D eigenvalue weighted by Gasteiger charge is 2.22. The van der Waals surface area contributed by atoms with Crippen molar-refractivity contribution >= 4 is 24.2 Å². The molecule has 0 radical (unpaired) electrons. The lowest BCUT2D eigenvalue weighted by Gasteiger charge is -2.38. The number of amides is 1. The number of hydrogen-bond acceptors (Lipinski definition) is 6. The van der Waals surface area contributed by atoms with E-state index >= 15 is 0 Å². The molecule has 7 heteroatoms. The van der Waals surface area contributed by atoms with Crippen LogP contribution in [0.1, 0.15) is 33.3 Å². The zero-order valence-corrected chi connectivity index (χ0v) is 21.6. The average molecular weight is 464 g/mol. The first-order valence-electron chi connectivity index (χ1n) is 12.4. The summed E-state index contributed by atoms with van der Waals surface area (Å²) >= 11 is 4.04. The Morgan fingerprint density at radius 1 is 0.844 bits per heavy atom. The van der Waals surface area contributed by atoms with Gasteiger partial charge >= 0.3 is 0 Å². The summed E-state index contributed by atoms with van der Waals surface area (Å²) in [6.07, 6.45) is 1.02. The van der Waals surface area contributed by atoms with Crippen molar-refractivity contribution in [3.8, 4) is 0 Å². The number of nitrogens with zero attached hydrogens (tertiary/aromatic N) is 4. The highest BCUT2D eigenvalue weighted by molar-refractivity contribution is 7.81. The summed E-state index contributed by atoms with van der Waals surface area (Å²) in [6.45, 7) is 21.4. The maximum absolute atomic E-state index is 11.6. The van der Waals surface area contributed by atoms with Crippen LogP contribution >= 0.6 is 12.6 Å². The molecule has 1 atom stereocenters. The van der Waals surface area contributed by atoms with Crippen LogP contribution < -0.4 is 5.32 Å². The Hall–Kier alpha value is -1.12. The molecule has 182 valence electrons. The van der Waals surface area contributed by atoms with Crippen molar-refractivity contribution in [2.75, 3.05) is 83.1 Å². The molecule has 0 aromatic heterocycles. The van der Waals surface area contributed by atoms with Crippen LogP contribution in [-0.4, -0.2) is 109 Å². The van der Waals surface area contributed by atoms with Gasteiger partial charge in [-0.15, -0.1) is 0 Å². The second-order valence-electron chi connectivity index (χ2n) is 8.65. The van der Waals surface area contributed by atoms with Crippen molar-refractivity contribution in [2.24, 2.45) is 0 Å². The molecule has 1 N–H and O–H groups in total. The molecule has 1 unspecified atom stereocenters. The number of carbonyl (C=O) groups is 1. The van der Waals surface area contributed by atoms with Gasteiger partial charge in [-0.25, -0.2) is 0 Å². The SMILES string of the molecule is CCN1CCN(CC)CCN(CC)C(Cc2ccc(NC(=O)CS)cc2)CN(CC)CC1. The zero-order valence-electron chi connectivity index (χ0n) is 20.7. The first kappa shape index (κ1) is 27.1. The Morgan fingerprint density at radius 3 is 1.88 bits per heavy atom. The third-order valence-electron chi connectivity index (χ3n) is 6.75. The number of nitrogens with one attached hydrogen (secondary N) is 1. The molecule has 2 rings (SSSR count). The third kappa shape index (κ3) is 9.02. The van der Waals surface area contributed by atoms with E-state index in [1.165, 1.54) is 5.56 Å². The van der Waals surface area contributed by atoms with E-state index in [1.54, 1.807) is 0 Å². The second kappa shape index (κ2) is 14.9. The van der Waals surface area contributed by atoms with Gasteiger partial charge in [-0.05, 0) is 50.3 Å². The fourth-order valence-corrected chi connectivity index (χ4v) is 4.55. The maximum atomic E-state index is 11.6. The molecule has 0 aliphatic carbocycles. The molecule has 1 aromatic carbocycles. The van der Waals surface area contributed by atoms with Crippen LogP contribution in [0.15, 0.2) is 24.3 Å². The summed E-state index contributed by atoms with van der Waals surface area (Å²) in [6, 6.07) is 8.82. The minimum absolute atomic E-state index is 0.0715. The summed E-state index contributed by atoms with van der Waals surface area (Å²) in [5.74, 6) is 0.129. The highest BCUT2D eigenvalue weighted by Crippen LogP contribution is 2.15. The molecule has 1 heterocycles. The van der Waals surface area contributed by atoms with Crippen LogP contribution in [0.25, 0.3) is 0 Å². The summed E-state index contributed by atoms with van der Waals surface area (Å²) in [7, 11) is 0. The number of carbonyl (C=O) groups excluding carboxylic acids is 1.